The van der Waals surface area contributed by atoms with Crippen LogP contribution in [0.15, 0.2) is 0 Å². The maximum Gasteiger partial charge on any atom is 0.0250 e. The van der Waals surface area contributed by atoms with Gasteiger partial charge in [0.25, 0.3) is 0 Å². The lowest BCUT2D eigenvalue weighted by Gasteiger charge is -2.43. The first-order valence-electron chi connectivity index (χ1n) is 8.77. The molecule has 3 heteroatoms. The smallest absolute Gasteiger partial charge is 0.0250 e. The van der Waals surface area contributed by atoms with Crippen LogP contribution in [0, 0.1) is 11.8 Å². The molecule has 0 radical (unpaired) electrons. The van der Waals surface area contributed by atoms with Gasteiger partial charge in [0.1, 0.15) is 0 Å². The Morgan fingerprint density at radius 2 is 1.75 bits per heavy atom. The van der Waals surface area contributed by atoms with E-state index in [-0.39, 0.29) is 0 Å². The molecule has 0 aromatic rings. The first-order chi connectivity index (χ1) is 9.56. The van der Waals surface area contributed by atoms with Gasteiger partial charge in [0.05, 0.1) is 0 Å². The highest BCUT2D eigenvalue weighted by Gasteiger charge is 2.39. The van der Waals surface area contributed by atoms with Gasteiger partial charge in [-0.3, -0.25) is 9.80 Å². The largest absolute Gasteiger partial charge is 0.326 e. The zero-order valence-electron chi connectivity index (χ0n) is 13.6. The summed E-state index contributed by atoms with van der Waals surface area (Å²) < 4.78 is 0. The van der Waals surface area contributed by atoms with Crippen molar-refractivity contribution in [3.63, 3.8) is 0 Å². The lowest BCUT2D eigenvalue weighted by atomic mass is 9.76. The van der Waals surface area contributed by atoms with E-state index in [0.717, 1.165) is 23.9 Å². The Morgan fingerprint density at radius 1 is 1.00 bits per heavy atom. The highest BCUT2D eigenvalue weighted by Crippen LogP contribution is 2.35. The summed E-state index contributed by atoms with van der Waals surface area (Å²) in [4.78, 5) is 5.41. The van der Waals surface area contributed by atoms with Gasteiger partial charge in [-0.2, -0.15) is 0 Å². The van der Waals surface area contributed by atoms with Crippen molar-refractivity contribution in [1.82, 2.24) is 9.80 Å². The number of hydrogen-bond donors (Lipinski definition) is 1. The van der Waals surface area contributed by atoms with Crippen LogP contribution in [0.1, 0.15) is 52.4 Å². The van der Waals surface area contributed by atoms with Gasteiger partial charge < -0.3 is 5.73 Å². The average Bonchev–Trinajstić information content (AvgIpc) is 2.64. The van der Waals surface area contributed by atoms with Crippen molar-refractivity contribution in [2.75, 3.05) is 20.1 Å². The zero-order valence-corrected chi connectivity index (χ0v) is 13.6. The molecular weight excluding hydrogens is 246 g/mol. The Bertz CT molecular complexity index is 330. The summed E-state index contributed by atoms with van der Waals surface area (Å²) in [5.41, 5.74) is 6.50. The van der Waals surface area contributed by atoms with Crippen LogP contribution in [0.25, 0.3) is 0 Å². The summed E-state index contributed by atoms with van der Waals surface area (Å²) in [6, 6.07) is 2.68. The van der Waals surface area contributed by atoms with E-state index in [1.807, 2.05) is 0 Å². The van der Waals surface area contributed by atoms with Gasteiger partial charge in [0.2, 0.25) is 0 Å². The summed E-state index contributed by atoms with van der Waals surface area (Å²) in [5.74, 6) is 1.70. The fourth-order valence-electron chi connectivity index (χ4n) is 4.86. The van der Waals surface area contributed by atoms with Crippen LogP contribution in [-0.4, -0.2) is 54.1 Å². The third-order valence-corrected chi connectivity index (χ3v) is 6.50. The Balaban J connectivity index is 1.68. The Kier molecular flexibility index (Phi) is 4.40. The molecule has 5 atom stereocenters. The monoisotopic (exact) mass is 279 g/mol. The van der Waals surface area contributed by atoms with Crippen molar-refractivity contribution in [3.05, 3.63) is 0 Å². The molecule has 116 valence electrons. The molecule has 0 spiro atoms. The molecule has 20 heavy (non-hydrogen) atoms. The predicted molar refractivity (Wildman–Crippen MR) is 84.7 cm³/mol. The molecule has 2 saturated heterocycles. The van der Waals surface area contributed by atoms with Gasteiger partial charge in [-0.15, -0.1) is 0 Å². The normalized spacial score (nSPS) is 44.0. The van der Waals surface area contributed by atoms with Gasteiger partial charge in [0, 0.05) is 37.3 Å². The van der Waals surface area contributed by atoms with Crippen LogP contribution in [0.2, 0.25) is 0 Å². The van der Waals surface area contributed by atoms with Gasteiger partial charge >= 0.3 is 0 Å². The number of fused-ring (bicyclic) bond motifs is 2. The molecule has 2 bridgehead atoms. The molecule has 3 nitrogen and oxygen atoms in total. The molecule has 1 aliphatic carbocycles. The van der Waals surface area contributed by atoms with E-state index >= 15 is 0 Å². The standard InChI is InChI=1S/C17H33N3/c1-12(2)13-4-7-16(18)17(10-13)20-9-8-14-5-6-15(11-20)19(14)3/h12-17H,4-11,18H2,1-3H3. The topological polar surface area (TPSA) is 32.5 Å². The molecule has 0 aromatic heterocycles. The SMILES string of the molecule is CC(C)C1CCC(N)C(N2CCC3CCC(C2)N3C)C1. The fourth-order valence-corrected chi connectivity index (χ4v) is 4.86. The number of nitrogens with zero attached hydrogens (tertiary/aromatic N) is 2. The number of hydrogen-bond acceptors (Lipinski definition) is 3. The quantitative estimate of drug-likeness (QED) is 0.842. The minimum absolute atomic E-state index is 0.409. The van der Waals surface area contributed by atoms with E-state index in [1.54, 1.807) is 0 Å². The van der Waals surface area contributed by atoms with E-state index < -0.39 is 0 Å². The van der Waals surface area contributed by atoms with Gasteiger partial charge in [0.15, 0.2) is 0 Å². The molecule has 5 unspecified atom stereocenters. The maximum atomic E-state index is 6.50. The number of rotatable bonds is 2. The molecule has 2 N–H and O–H groups in total. The van der Waals surface area contributed by atoms with E-state index in [2.05, 4.69) is 30.7 Å². The summed E-state index contributed by atoms with van der Waals surface area (Å²) >= 11 is 0. The van der Waals surface area contributed by atoms with Crippen molar-refractivity contribution < 1.29 is 0 Å². The highest BCUT2D eigenvalue weighted by atomic mass is 15.3. The van der Waals surface area contributed by atoms with Crippen molar-refractivity contribution in [1.29, 1.82) is 0 Å². The van der Waals surface area contributed by atoms with Crippen molar-refractivity contribution in [3.8, 4) is 0 Å². The molecule has 0 amide bonds. The molecule has 3 fully saturated rings. The minimum atomic E-state index is 0.409. The van der Waals surface area contributed by atoms with Gasteiger partial charge in [-0.05, 0) is 57.4 Å². The predicted octanol–water partition coefficient (Wildman–Crippen LogP) is 2.31. The molecule has 2 heterocycles. The second-order valence-electron chi connectivity index (χ2n) is 7.88. The van der Waals surface area contributed by atoms with Crippen LogP contribution in [-0.2, 0) is 0 Å². The van der Waals surface area contributed by atoms with E-state index in [4.69, 9.17) is 5.73 Å². The van der Waals surface area contributed by atoms with Crippen molar-refractivity contribution in [2.45, 2.75) is 76.5 Å². The fraction of sp³-hybridized carbons (Fsp3) is 1.00. The highest BCUT2D eigenvalue weighted by molar-refractivity contribution is 4.96. The Morgan fingerprint density at radius 3 is 2.50 bits per heavy atom. The lowest BCUT2D eigenvalue weighted by molar-refractivity contribution is 0.0881. The molecular formula is C17H33N3. The van der Waals surface area contributed by atoms with Crippen LogP contribution in [0.4, 0.5) is 0 Å². The van der Waals surface area contributed by atoms with E-state index in [0.29, 0.717) is 12.1 Å². The Hall–Kier alpha value is -0.120. The molecule has 2 aliphatic heterocycles. The second-order valence-corrected chi connectivity index (χ2v) is 7.88. The number of nitrogens with two attached hydrogens (primary N) is 1. The average molecular weight is 279 g/mol. The molecule has 0 aromatic carbocycles. The van der Waals surface area contributed by atoms with Crippen molar-refractivity contribution in [2.24, 2.45) is 17.6 Å². The maximum absolute atomic E-state index is 6.50. The third kappa shape index (κ3) is 2.77. The van der Waals surface area contributed by atoms with Gasteiger partial charge in [-0.1, -0.05) is 13.8 Å². The molecule has 3 rings (SSSR count). The molecule has 3 aliphatic rings. The third-order valence-electron chi connectivity index (χ3n) is 6.50. The second kappa shape index (κ2) is 5.94. The summed E-state index contributed by atoms with van der Waals surface area (Å²) in [5, 5.41) is 0. The van der Waals surface area contributed by atoms with Crippen LogP contribution in [0.5, 0.6) is 0 Å². The van der Waals surface area contributed by atoms with Gasteiger partial charge in [-0.25, -0.2) is 0 Å². The van der Waals surface area contributed by atoms with Crippen LogP contribution in [0.3, 0.4) is 0 Å². The first-order valence-corrected chi connectivity index (χ1v) is 8.77. The van der Waals surface area contributed by atoms with Crippen molar-refractivity contribution >= 4 is 0 Å². The summed E-state index contributed by atoms with van der Waals surface area (Å²) in [6.45, 7) is 7.30. The number of likely N-dealkylation sites (N-methyl/N-ethyl adjacent to an activating group) is 1. The Labute approximate surface area is 124 Å². The van der Waals surface area contributed by atoms with Crippen LogP contribution >= 0.6 is 0 Å². The van der Waals surface area contributed by atoms with E-state index in [1.165, 1.54) is 51.6 Å². The van der Waals surface area contributed by atoms with E-state index in [9.17, 15) is 0 Å². The first kappa shape index (κ1) is 14.8. The van der Waals surface area contributed by atoms with Crippen LogP contribution < -0.4 is 5.73 Å². The summed E-state index contributed by atoms with van der Waals surface area (Å²) in [6.07, 6.45) is 8.07. The lowest BCUT2D eigenvalue weighted by Crippen LogP contribution is -2.53. The summed E-state index contributed by atoms with van der Waals surface area (Å²) in [7, 11) is 2.34. The molecule has 1 saturated carbocycles. The number of likely N-dealkylation sites (tertiary alicyclic amines) is 1. The zero-order chi connectivity index (χ0) is 14.3. The minimum Gasteiger partial charge on any atom is -0.326 e.